The lowest BCUT2D eigenvalue weighted by molar-refractivity contribution is -0.116. The number of hydrogen-bond donors (Lipinski definition) is 2. The second kappa shape index (κ2) is 8.49. The van der Waals surface area contributed by atoms with Gasteiger partial charge in [-0.2, -0.15) is 0 Å². The number of sulfonamides is 2. The van der Waals surface area contributed by atoms with Gasteiger partial charge in [0.05, 0.1) is 21.2 Å². The molecule has 4 rings (SSSR count). The first-order valence-electron chi connectivity index (χ1n) is 9.88. The highest BCUT2D eigenvalue weighted by Gasteiger charge is 2.25. The van der Waals surface area contributed by atoms with Crippen molar-refractivity contribution in [3.63, 3.8) is 0 Å². The van der Waals surface area contributed by atoms with Crippen LogP contribution < -0.4 is 14.3 Å². The van der Waals surface area contributed by atoms with E-state index < -0.39 is 25.9 Å². The highest BCUT2D eigenvalue weighted by atomic mass is 32.2. The summed E-state index contributed by atoms with van der Waals surface area (Å²) in [5, 5.41) is 0. The fourth-order valence-corrected chi connectivity index (χ4v) is 5.76. The summed E-state index contributed by atoms with van der Waals surface area (Å²) in [6.45, 7) is 1.93. The predicted molar refractivity (Wildman–Crippen MR) is 123 cm³/mol. The van der Waals surface area contributed by atoms with Crippen molar-refractivity contribution in [1.82, 2.24) is 0 Å². The number of hydrogen-bond acceptors (Lipinski definition) is 5. The van der Waals surface area contributed by atoms with E-state index in [4.69, 9.17) is 0 Å². The van der Waals surface area contributed by atoms with E-state index in [0.29, 0.717) is 18.7 Å². The molecule has 172 valence electrons. The number of halogens is 1. The maximum Gasteiger partial charge on any atom is 0.261 e. The van der Waals surface area contributed by atoms with Gasteiger partial charge in [0.25, 0.3) is 20.0 Å². The third-order valence-corrected chi connectivity index (χ3v) is 7.92. The highest BCUT2D eigenvalue weighted by molar-refractivity contribution is 7.93. The maximum absolute atomic E-state index is 13.1. The Morgan fingerprint density at radius 1 is 0.848 bits per heavy atom. The molecule has 2 N–H and O–H groups in total. The smallest absolute Gasteiger partial charge is 0.261 e. The molecule has 0 saturated carbocycles. The van der Waals surface area contributed by atoms with Crippen molar-refractivity contribution < 1.29 is 26.0 Å². The summed E-state index contributed by atoms with van der Waals surface area (Å²) in [4.78, 5) is 13.1. The zero-order valence-corrected chi connectivity index (χ0v) is 19.1. The van der Waals surface area contributed by atoms with Crippen LogP contribution in [0.25, 0.3) is 0 Å². The summed E-state index contributed by atoms with van der Waals surface area (Å²) in [5.74, 6) is -0.701. The van der Waals surface area contributed by atoms with Gasteiger partial charge in [-0.3, -0.25) is 14.2 Å². The third-order valence-electron chi connectivity index (χ3n) is 5.18. The van der Waals surface area contributed by atoms with Crippen molar-refractivity contribution >= 4 is 43.0 Å². The molecule has 0 radical (unpaired) electrons. The van der Waals surface area contributed by atoms with E-state index in [-0.39, 0.29) is 27.1 Å². The minimum absolute atomic E-state index is 0.00862. The number of rotatable bonds is 6. The van der Waals surface area contributed by atoms with Crippen molar-refractivity contribution in [3.05, 3.63) is 78.1 Å². The van der Waals surface area contributed by atoms with E-state index >= 15 is 0 Å². The Bertz CT molecular complexity index is 1440. The lowest BCUT2D eigenvalue weighted by Gasteiger charge is -2.16. The second-order valence-electron chi connectivity index (χ2n) is 7.42. The monoisotopic (exact) mass is 489 g/mol. The van der Waals surface area contributed by atoms with Crippen molar-refractivity contribution in [2.24, 2.45) is 0 Å². The van der Waals surface area contributed by atoms with Crippen LogP contribution in [-0.2, 0) is 31.3 Å². The van der Waals surface area contributed by atoms with Crippen LogP contribution in [0.15, 0.2) is 76.5 Å². The summed E-state index contributed by atoms with van der Waals surface area (Å²) < 4.78 is 69.3. The number of para-hydroxylation sites is 2. The lowest BCUT2D eigenvalue weighted by Crippen LogP contribution is -2.25. The average Bonchev–Trinajstić information content (AvgIpc) is 3.19. The standard InChI is InChI=1S/C22H20FN3O5S2/c1-15(27)26-13-12-16-14-19(10-11-22(16)26)33(30,31)25-21-5-3-2-4-20(21)24-32(28,29)18-8-6-17(23)7-9-18/h2-11,14,24-25H,12-13H2,1H3. The summed E-state index contributed by atoms with van der Waals surface area (Å²) in [7, 11) is -8.14. The number of nitrogens with zero attached hydrogens (tertiary/aromatic N) is 1. The zero-order valence-electron chi connectivity index (χ0n) is 17.4. The molecule has 1 aliphatic heterocycles. The van der Waals surface area contributed by atoms with Gasteiger partial charge in [-0.25, -0.2) is 21.2 Å². The topological polar surface area (TPSA) is 113 Å². The molecule has 0 unspecified atom stereocenters. The van der Waals surface area contributed by atoms with Crippen LogP contribution >= 0.6 is 0 Å². The van der Waals surface area contributed by atoms with E-state index in [2.05, 4.69) is 9.44 Å². The molecule has 0 aromatic heterocycles. The number of anilines is 3. The fourth-order valence-electron chi connectivity index (χ4n) is 3.55. The molecule has 3 aromatic rings. The molecule has 11 heteroatoms. The second-order valence-corrected chi connectivity index (χ2v) is 10.8. The SMILES string of the molecule is CC(=O)N1CCc2cc(S(=O)(=O)Nc3ccccc3NS(=O)(=O)c3ccc(F)cc3)ccc21. The van der Waals surface area contributed by atoms with Gasteiger partial charge in [-0.15, -0.1) is 0 Å². The number of carbonyl (C=O) groups excluding carboxylic acids is 1. The van der Waals surface area contributed by atoms with Crippen molar-refractivity contribution in [2.75, 3.05) is 20.9 Å². The number of nitrogens with one attached hydrogen (secondary N) is 2. The van der Waals surface area contributed by atoms with Crippen LogP contribution in [0.3, 0.4) is 0 Å². The Morgan fingerprint density at radius 3 is 1.97 bits per heavy atom. The Kier molecular flexibility index (Phi) is 5.85. The first-order valence-corrected chi connectivity index (χ1v) is 12.8. The first-order chi connectivity index (χ1) is 15.6. The van der Waals surface area contributed by atoms with Gasteiger partial charge < -0.3 is 4.90 Å². The quantitative estimate of drug-likeness (QED) is 0.552. The Morgan fingerprint density at radius 2 is 1.39 bits per heavy atom. The van der Waals surface area contributed by atoms with Crippen molar-refractivity contribution in [2.45, 2.75) is 23.1 Å². The van der Waals surface area contributed by atoms with Crippen molar-refractivity contribution in [1.29, 1.82) is 0 Å². The molecule has 1 amide bonds. The van der Waals surface area contributed by atoms with Gasteiger partial charge in [0.15, 0.2) is 0 Å². The van der Waals surface area contributed by atoms with Crippen LogP contribution in [0.2, 0.25) is 0 Å². The molecule has 0 saturated heterocycles. The maximum atomic E-state index is 13.1. The molecule has 0 atom stereocenters. The molecule has 0 spiro atoms. The Balaban J connectivity index is 1.61. The number of benzene rings is 3. The van der Waals surface area contributed by atoms with Crippen LogP contribution in [0.4, 0.5) is 21.5 Å². The lowest BCUT2D eigenvalue weighted by atomic mass is 10.2. The average molecular weight is 490 g/mol. The molecule has 0 fully saturated rings. The number of fused-ring (bicyclic) bond motifs is 1. The molecule has 3 aromatic carbocycles. The minimum Gasteiger partial charge on any atom is -0.312 e. The van der Waals surface area contributed by atoms with Crippen LogP contribution in [0, 0.1) is 5.82 Å². The van der Waals surface area contributed by atoms with Gasteiger partial charge >= 0.3 is 0 Å². The normalized spacial score (nSPS) is 13.5. The molecule has 33 heavy (non-hydrogen) atoms. The van der Waals surface area contributed by atoms with Gasteiger partial charge in [0.2, 0.25) is 5.91 Å². The van der Waals surface area contributed by atoms with E-state index in [1.165, 1.54) is 31.2 Å². The van der Waals surface area contributed by atoms with E-state index in [1.807, 2.05) is 0 Å². The molecule has 1 heterocycles. The Labute approximate surface area is 191 Å². The zero-order chi connectivity index (χ0) is 23.8. The molecular formula is C22H20FN3O5S2. The van der Waals surface area contributed by atoms with Gasteiger partial charge in [-0.05, 0) is 66.6 Å². The molecule has 8 nitrogen and oxygen atoms in total. The highest BCUT2D eigenvalue weighted by Crippen LogP contribution is 2.32. The third kappa shape index (κ3) is 4.69. The van der Waals surface area contributed by atoms with Crippen molar-refractivity contribution in [3.8, 4) is 0 Å². The molecule has 0 aliphatic carbocycles. The minimum atomic E-state index is -4.08. The fraction of sp³-hybridized carbons (Fsp3) is 0.136. The molecule has 1 aliphatic rings. The molecule has 0 bridgehead atoms. The van der Waals surface area contributed by atoms with Gasteiger partial charge in [0, 0.05) is 19.2 Å². The Hall–Kier alpha value is -3.44. The summed E-state index contributed by atoms with van der Waals surface area (Å²) in [5.41, 5.74) is 1.44. The van der Waals surface area contributed by atoms with Gasteiger partial charge in [0.1, 0.15) is 5.82 Å². The van der Waals surface area contributed by atoms with E-state index in [0.717, 1.165) is 29.8 Å². The van der Waals surface area contributed by atoms with Crippen LogP contribution in [0.1, 0.15) is 12.5 Å². The summed E-state index contributed by atoms with van der Waals surface area (Å²) >= 11 is 0. The summed E-state index contributed by atoms with van der Waals surface area (Å²) in [6.07, 6.45) is 0.534. The van der Waals surface area contributed by atoms with Gasteiger partial charge in [-0.1, -0.05) is 12.1 Å². The van der Waals surface area contributed by atoms with Crippen LogP contribution in [-0.4, -0.2) is 29.3 Å². The van der Waals surface area contributed by atoms with Crippen LogP contribution in [0.5, 0.6) is 0 Å². The number of carbonyl (C=O) groups is 1. The molecular weight excluding hydrogens is 469 g/mol. The predicted octanol–water partition coefficient (Wildman–Crippen LogP) is 3.34. The van der Waals surface area contributed by atoms with E-state index in [1.54, 1.807) is 23.1 Å². The van der Waals surface area contributed by atoms with E-state index in [9.17, 15) is 26.0 Å². The largest absolute Gasteiger partial charge is 0.312 e. The first kappa shape index (κ1) is 22.7. The number of amides is 1. The summed E-state index contributed by atoms with van der Waals surface area (Å²) in [6, 6.07) is 14.7.